The van der Waals surface area contributed by atoms with Crippen molar-refractivity contribution in [2.75, 3.05) is 18.0 Å². The number of piperidine rings is 1. The highest BCUT2D eigenvalue weighted by Crippen LogP contribution is 2.36. The molecule has 1 fully saturated rings. The molecule has 0 saturated carbocycles. The van der Waals surface area contributed by atoms with Crippen molar-refractivity contribution in [1.82, 2.24) is 15.3 Å². The Morgan fingerprint density at radius 1 is 1.64 bits per heavy atom. The summed E-state index contributed by atoms with van der Waals surface area (Å²) >= 11 is 6.37. The lowest BCUT2D eigenvalue weighted by molar-refractivity contribution is -0.110. The van der Waals surface area contributed by atoms with Gasteiger partial charge in [-0.3, -0.25) is 9.59 Å². The van der Waals surface area contributed by atoms with Crippen LogP contribution in [-0.4, -0.2) is 41.4 Å². The van der Waals surface area contributed by atoms with E-state index in [0.717, 1.165) is 19.4 Å². The van der Waals surface area contributed by atoms with E-state index in [1.807, 2.05) is 4.90 Å². The maximum atomic E-state index is 11.6. The van der Waals surface area contributed by atoms with Crippen molar-refractivity contribution in [2.24, 2.45) is 5.73 Å². The molecule has 4 N–H and O–H groups in total. The highest BCUT2D eigenvalue weighted by Gasteiger charge is 2.26. The Morgan fingerprint density at radius 3 is 3.18 bits per heavy atom. The van der Waals surface area contributed by atoms with Crippen LogP contribution < -0.4 is 16.0 Å². The highest BCUT2D eigenvalue weighted by molar-refractivity contribution is 6.37. The molecular formula is C14H15ClN5O2. The smallest absolute Gasteiger partial charge is 0.269 e. The minimum Gasteiger partial charge on any atom is -0.368 e. The molecule has 115 valence electrons. The van der Waals surface area contributed by atoms with Gasteiger partial charge in [-0.05, 0) is 12.8 Å². The maximum Gasteiger partial charge on any atom is 0.269 e. The Morgan fingerprint density at radius 2 is 2.45 bits per heavy atom. The monoisotopic (exact) mass is 320 g/mol. The zero-order valence-corrected chi connectivity index (χ0v) is 12.5. The van der Waals surface area contributed by atoms with Gasteiger partial charge in [0.2, 0.25) is 6.41 Å². The minimum absolute atomic E-state index is 0.0329. The van der Waals surface area contributed by atoms with Gasteiger partial charge >= 0.3 is 0 Å². The first-order chi connectivity index (χ1) is 10.6. The number of carbonyl (C=O) groups excluding carboxylic acids is 2. The Kier molecular flexibility index (Phi) is 3.89. The lowest BCUT2D eigenvalue weighted by Crippen LogP contribution is -2.45. The van der Waals surface area contributed by atoms with Crippen molar-refractivity contribution in [3.05, 3.63) is 23.0 Å². The number of rotatable bonds is 4. The quantitative estimate of drug-likeness (QED) is 0.726. The van der Waals surface area contributed by atoms with Crippen LogP contribution in [0.15, 0.2) is 6.20 Å². The first-order valence-corrected chi connectivity index (χ1v) is 7.32. The third kappa shape index (κ3) is 2.48. The molecule has 1 aliphatic heterocycles. The molecule has 0 spiro atoms. The van der Waals surface area contributed by atoms with Crippen LogP contribution in [0.1, 0.15) is 23.3 Å². The number of nitrogens with two attached hydrogens (primary N) is 1. The van der Waals surface area contributed by atoms with Gasteiger partial charge in [-0.2, -0.15) is 0 Å². The van der Waals surface area contributed by atoms with Crippen LogP contribution in [0.4, 0.5) is 5.69 Å². The van der Waals surface area contributed by atoms with E-state index < -0.39 is 5.91 Å². The fourth-order valence-electron chi connectivity index (χ4n) is 2.84. The van der Waals surface area contributed by atoms with Gasteiger partial charge in [0.15, 0.2) is 5.69 Å². The molecule has 0 aliphatic carbocycles. The molecule has 3 rings (SSSR count). The number of amides is 2. The number of aromatic nitrogens is 2. The molecule has 2 aromatic heterocycles. The largest absolute Gasteiger partial charge is 0.368 e. The van der Waals surface area contributed by atoms with Gasteiger partial charge in [0.1, 0.15) is 5.65 Å². The van der Waals surface area contributed by atoms with E-state index in [9.17, 15) is 9.59 Å². The number of H-pyrrole nitrogens is 1. The Labute approximate surface area is 131 Å². The summed E-state index contributed by atoms with van der Waals surface area (Å²) in [5, 5.41) is 3.73. The summed E-state index contributed by atoms with van der Waals surface area (Å²) in [6.07, 6.45) is 4.13. The Balaban J connectivity index is 2.08. The molecule has 3 heterocycles. The summed E-state index contributed by atoms with van der Waals surface area (Å²) in [4.78, 5) is 31.3. The number of anilines is 1. The molecule has 0 bridgehead atoms. The number of aromatic amines is 1. The second-order valence-electron chi connectivity index (χ2n) is 5.21. The summed E-state index contributed by atoms with van der Waals surface area (Å²) < 4.78 is 0. The number of nitrogens with zero attached hydrogens (tertiary/aromatic N) is 2. The van der Waals surface area contributed by atoms with Crippen molar-refractivity contribution < 1.29 is 9.59 Å². The summed E-state index contributed by atoms with van der Waals surface area (Å²) in [7, 11) is 0. The number of primary amides is 1. The van der Waals surface area contributed by atoms with E-state index in [4.69, 9.17) is 17.3 Å². The molecule has 1 saturated heterocycles. The van der Waals surface area contributed by atoms with Crippen LogP contribution in [-0.2, 0) is 4.79 Å². The van der Waals surface area contributed by atoms with Crippen molar-refractivity contribution in [3.63, 3.8) is 0 Å². The number of hydrogen-bond acceptors (Lipinski definition) is 4. The van der Waals surface area contributed by atoms with Crippen LogP contribution in [0, 0.1) is 6.07 Å². The zero-order valence-electron chi connectivity index (χ0n) is 11.7. The number of pyridine rings is 1. The van der Waals surface area contributed by atoms with E-state index in [2.05, 4.69) is 21.4 Å². The van der Waals surface area contributed by atoms with Crippen molar-refractivity contribution in [2.45, 2.75) is 18.9 Å². The predicted molar refractivity (Wildman–Crippen MR) is 82.9 cm³/mol. The van der Waals surface area contributed by atoms with Crippen molar-refractivity contribution in [3.8, 4) is 0 Å². The summed E-state index contributed by atoms with van der Waals surface area (Å²) in [6, 6.07) is 3.10. The van der Waals surface area contributed by atoms with Gasteiger partial charge in [-0.1, -0.05) is 11.6 Å². The minimum atomic E-state index is -0.678. The Hall–Kier alpha value is -2.28. The van der Waals surface area contributed by atoms with Gasteiger partial charge in [0.25, 0.3) is 5.91 Å². The van der Waals surface area contributed by atoms with Crippen LogP contribution in [0.3, 0.4) is 0 Å². The number of hydrogen-bond donors (Lipinski definition) is 3. The first kappa shape index (κ1) is 14.6. The molecule has 22 heavy (non-hydrogen) atoms. The number of nitrogens with one attached hydrogen (secondary N) is 2. The van der Waals surface area contributed by atoms with Gasteiger partial charge in [-0.25, -0.2) is 4.98 Å². The lowest BCUT2D eigenvalue weighted by Gasteiger charge is -2.35. The molecule has 1 atom stereocenters. The fraction of sp³-hybridized carbons (Fsp3) is 0.357. The predicted octanol–water partition coefficient (Wildman–Crippen LogP) is 0.830. The van der Waals surface area contributed by atoms with E-state index in [1.165, 1.54) is 0 Å². The number of halogens is 1. The van der Waals surface area contributed by atoms with Gasteiger partial charge in [-0.15, -0.1) is 0 Å². The second kappa shape index (κ2) is 5.84. The second-order valence-corrected chi connectivity index (χ2v) is 5.59. The van der Waals surface area contributed by atoms with Crippen LogP contribution >= 0.6 is 11.6 Å². The summed E-state index contributed by atoms with van der Waals surface area (Å²) in [5.74, 6) is -0.678. The molecule has 0 aromatic carbocycles. The average molecular weight is 321 g/mol. The van der Waals surface area contributed by atoms with Crippen molar-refractivity contribution in [1.29, 1.82) is 0 Å². The van der Waals surface area contributed by atoms with Gasteiger partial charge in [0.05, 0.1) is 16.1 Å². The van der Waals surface area contributed by atoms with E-state index in [1.54, 1.807) is 6.20 Å². The third-order valence-corrected chi connectivity index (χ3v) is 4.17. The first-order valence-electron chi connectivity index (χ1n) is 6.94. The fourth-order valence-corrected chi connectivity index (χ4v) is 3.19. The standard InChI is InChI=1S/C14H15ClN5O2/c15-10-11(13(16)22)19-14-9(3-4-17-14)12(10)20-5-1-2-8(6-20)18-7-21/h4,7-8H,1-2,5-6H2,(H2,16,22)(H,17,19)(H,18,21)/t8-/m1/s1. The number of fused-ring (bicyclic) bond motifs is 1. The summed E-state index contributed by atoms with van der Waals surface area (Å²) in [6.45, 7) is 1.38. The molecule has 2 amide bonds. The molecule has 1 aliphatic rings. The molecule has 0 unspecified atom stereocenters. The van der Waals surface area contributed by atoms with Crippen LogP contribution in [0.2, 0.25) is 5.02 Å². The van der Waals surface area contributed by atoms with E-state index in [0.29, 0.717) is 29.7 Å². The van der Waals surface area contributed by atoms with Gasteiger partial charge in [0, 0.05) is 31.4 Å². The molecular weight excluding hydrogens is 306 g/mol. The SMILES string of the molecule is NC(=O)c1nc2[nH]c[c]c2c(N2CCC[C@@H](NC=O)C2)c1Cl. The average Bonchev–Trinajstić information content (AvgIpc) is 2.95. The Bertz CT molecular complexity index is 729. The maximum absolute atomic E-state index is 11.6. The van der Waals surface area contributed by atoms with Crippen molar-refractivity contribution >= 4 is 40.6 Å². The lowest BCUT2D eigenvalue weighted by atomic mass is 10.0. The van der Waals surface area contributed by atoms with Crippen LogP contribution in [0.25, 0.3) is 11.0 Å². The van der Waals surface area contributed by atoms with Gasteiger partial charge < -0.3 is 20.9 Å². The summed E-state index contributed by atoms with van der Waals surface area (Å²) in [5.41, 5.74) is 6.59. The van der Waals surface area contributed by atoms with Crippen LogP contribution in [0.5, 0.6) is 0 Å². The molecule has 1 radical (unpaired) electrons. The number of carbonyl (C=O) groups is 2. The normalized spacial score (nSPS) is 18.4. The topological polar surface area (TPSA) is 104 Å². The molecule has 2 aromatic rings. The third-order valence-electron chi connectivity index (χ3n) is 3.81. The van der Waals surface area contributed by atoms with E-state index >= 15 is 0 Å². The van der Waals surface area contributed by atoms with E-state index in [-0.39, 0.29) is 16.8 Å². The zero-order chi connectivity index (χ0) is 15.7. The molecule has 7 nitrogen and oxygen atoms in total. The highest BCUT2D eigenvalue weighted by atomic mass is 35.5. The molecule has 8 heteroatoms.